The van der Waals surface area contributed by atoms with E-state index < -0.39 is 0 Å². The van der Waals surface area contributed by atoms with Crippen LogP contribution in [0.1, 0.15) is 54.8 Å². The number of aromatic nitrogens is 4. The number of rotatable bonds is 4. The molecule has 1 saturated heterocycles. The highest BCUT2D eigenvalue weighted by Gasteiger charge is 2.48. The van der Waals surface area contributed by atoms with Crippen molar-refractivity contribution in [2.45, 2.75) is 54.0 Å². The fourth-order valence-corrected chi connectivity index (χ4v) is 5.72. The number of fused-ring (bicyclic) bond motifs is 1. The molecule has 166 valence electrons. The number of piperidine rings is 1. The van der Waals surface area contributed by atoms with Crippen molar-refractivity contribution in [1.29, 1.82) is 0 Å². The quantitative estimate of drug-likeness (QED) is 0.612. The number of pyridine rings is 1. The van der Waals surface area contributed by atoms with Crippen molar-refractivity contribution in [2.24, 2.45) is 11.1 Å². The maximum atomic E-state index is 14.8. The maximum Gasteiger partial charge on any atom is 0.181 e. The lowest BCUT2D eigenvalue weighted by Crippen LogP contribution is -2.44. The molecular weight excluding hydrogens is 429 g/mol. The van der Waals surface area contributed by atoms with Gasteiger partial charge in [0.05, 0.1) is 28.5 Å². The summed E-state index contributed by atoms with van der Waals surface area (Å²) in [6.45, 7) is 1.62. The van der Waals surface area contributed by atoms with E-state index in [4.69, 9.17) is 15.9 Å². The molecule has 0 aromatic carbocycles. The highest BCUT2D eigenvalue weighted by Crippen LogP contribution is 2.50. The molecule has 0 amide bonds. The number of hydrogen-bond acceptors (Lipinski definition) is 9. The lowest BCUT2D eigenvalue weighted by molar-refractivity contribution is 0.173. The van der Waals surface area contributed by atoms with E-state index in [0.717, 1.165) is 62.5 Å². The third-order valence-electron chi connectivity index (χ3n) is 7.02. The summed E-state index contributed by atoms with van der Waals surface area (Å²) < 4.78 is 20.3. The second kappa shape index (κ2) is 7.41. The van der Waals surface area contributed by atoms with Crippen molar-refractivity contribution in [3.63, 3.8) is 0 Å². The van der Waals surface area contributed by atoms with Gasteiger partial charge in [-0.1, -0.05) is 11.8 Å². The molecule has 0 bridgehead atoms. The fourth-order valence-electron chi connectivity index (χ4n) is 4.93. The van der Waals surface area contributed by atoms with Crippen LogP contribution in [-0.2, 0) is 6.42 Å². The van der Waals surface area contributed by atoms with E-state index in [1.54, 1.807) is 18.5 Å². The van der Waals surface area contributed by atoms with E-state index in [0.29, 0.717) is 21.4 Å². The summed E-state index contributed by atoms with van der Waals surface area (Å²) in [5.74, 6) is 1.84. The van der Waals surface area contributed by atoms with Crippen LogP contribution in [0.4, 0.5) is 16.0 Å². The number of hydrogen-bond donors (Lipinski definition) is 2. The van der Waals surface area contributed by atoms with E-state index >= 15 is 0 Å². The Bertz CT molecular complexity index is 1170. The van der Waals surface area contributed by atoms with Gasteiger partial charge >= 0.3 is 0 Å². The van der Waals surface area contributed by atoms with Crippen molar-refractivity contribution < 1.29 is 8.81 Å². The first-order valence-electron chi connectivity index (χ1n) is 10.9. The van der Waals surface area contributed by atoms with Gasteiger partial charge in [0.25, 0.3) is 0 Å². The smallest absolute Gasteiger partial charge is 0.181 e. The van der Waals surface area contributed by atoms with Crippen LogP contribution in [-0.4, -0.2) is 33.0 Å². The monoisotopic (exact) mass is 453 g/mol. The molecule has 1 spiro atoms. The molecule has 1 aliphatic heterocycles. The van der Waals surface area contributed by atoms with E-state index in [-0.39, 0.29) is 23.2 Å². The van der Waals surface area contributed by atoms with Gasteiger partial charge in [-0.25, -0.2) is 19.3 Å². The molecule has 2 fully saturated rings. The summed E-state index contributed by atoms with van der Waals surface area (Å²) in [6.07, 6.45) is 9.54. The summed E-state index contributed by atoms with van der Waals surface area (Å²) in [4.78, 5) is 20.3. The summed E-state index contributed by atoms with van der Waals surface area (Å²) in [5.41, 5.74) is 14.3. The van der Waals surface area contributed by atoms with Gasteiger partial charge in [0.15, 0.2) is 18.0 Å². The van der Waals surface area contributed by atoms with Gasteiger partial charge in [-0.05, 0) is 31.7 Å². The molecule has 0 unspecified atom stereocenters. The van der Waals surface area contributed by atoms with Crippen molar-refractivity contribution in [3.8, 4) is 0 Å². The second-order valence-electron chi connectivity index (χ2n) is 8.97. The predicted molar refractivity (Wildman–Crippen MR) is 118 cm³/mol. The Morgan fingerprint density at radius 1 is 1.19 bits per heavy atom. The molecular formula is C22H24FN7OS. The summed E-state index contributed by atoms with van der Waals surface area (Å²) >= 11 is 1.20. The molecule has 1 atom stereocenters. The Morgan fingerprint density at radius 3 is 2.72 bits per heavy atom. The summed E-state index contributed by atoms with van der Waals surface area (Å²) in [7, 11) is 0. The van der Waals surface area contributed by atoms with E-state index in [9.17, 15) is 4.39 Å². The maximum absolute atomic E-state index is 14.8. The number of nitrogens with two attached hydrogens (primary N) is 2. The van der Waals surface area contributed by atoms with Crippen molar-refractivity contribution in [1.82, 2.24) is 19.9 Å². The van der Waals surface area contributed by atoms with Gasteiger partial charge in [-0.15, -0.1) is 0 Å². The Hall–Kier alpha value is -2.72. The minimum atomic E-state index is -0.270. The van der Waals surface area contributed by atoms with Crippen LogP contribution in [0.5, 0.6) is 0 Å². The van der Waals surface area contributed by atoms with Crippen molar-refractivity contribution >= 4 is 23.4 Å². The molecule has 1 saturated carbocycles. The number of nitrogen functional groups attached to an aromatic ring is 1. The molecule has 32 heavy (non-hydrogen) atoms. The van der Waals surface area contributed by atoms with Crippen LogP contribution in [0.3, 0.4) is 0 Å². The first-order chi connectivity index (χ1) is 15.5. The van der Waals surface area contributed by atoms with Crippen LogP contribution < -0.4 is 16.4 Å². The lowest BCUT2D eigenvalue weighted by Gasteiger charge is -2.42. The molecule has 8 nitrogen and oxygen atoms in total. The predicted octanol–water partition coefficient (Wildman–Crippen LogP) is 3.45. The molecule has 4 N–H and O–H groups in total. The Kier molecular flexibility index (Phi) is 4.62. The normalized spacial score (nSPS) is 21.8. The minimum Gasteiger partial charge on any atom is -0.447 e. The zero-order chi connectivity index (χ0) is 21.9. The zero-order valence-corrected chi connectivity index (χ0v) is 18.3. The largest absolute Gasteiger partial charge is 0.447 e. The Morgan fingerprint density at radius 2 is 2.00 bits per heavy atom. The second-order valence-corrected chi connectivity index (χ2v) is 10.0. The van der Waals surface area contributed by atoms with Gasteiger partial charge in [0.1, 0.15) is 16.6 Å². The third kappa shape index (κ3) is 3.24. The van der Waals surface area contributed by atoms with Gasteiger partial charge in [0.2, 0.25) is 0 Å². The molecule has 3 aromatic rings. The van der Waals surface area contributed by atoms with Crippen molar-refractivity contribution in [3.05, 3.63) is 47.8 Å². The van der Waals surface area contributed by atoms with Crippen LogP contribution in [0.2, 0.25) is 0 Å². The molecule has 10 heteroatoms. The molecule has 3 aromatic heterocycles. The number of oxazole rings is 1. The average Bonchev–Trinajstić information content (AvgIpc) is 3.49. The highest BCUT2D eigenvalue weighted by molar-refractivity contribution is 7.99. The summed E-state index contributed by atoms with van der Waals surface area (Å²) in [5, 5.41) is 0.502. The number of nitrogens with zero attached hydrogens (tertiary/aromatic N) is 5. The van der Waals surface area contributed by atoms with Gasteiger partial charge in [-0.3, -0.25) is 4.98 Å². The fraction of sp³-hybridized carbons (Fsp3) is 0.455. The molecule has 4 heterocycles. The topological polar surface area (TPSA) is 120 Å². The standard InChI is InChI=1S/C22H24FN7OS/c23-16-14(3-6-26-17(16)12-1-2-12)32-21-20(25)29-15(10-27-21)30-7-4-22(5-8-30)9-13-18(19(22)24)31-11-28-13/h3,6,10-12,19H,1-2,4-5,7-9,24H2,(H2,25,29)/t19-/m1/s1. The van der Waals surface area contributed by atoms with Gasteiger partial charge < -0.3 is 20.8 Å². The SMILES string of the molecule is Nc1nc(N2CCC3(CC2)Cc2ncoc2[C@H]3N)cnc1Sc1ccnc(C2CC2)c1F. The lowest BCUT2D eigenvalue weighted by atomic mass is 9.73. The highest BCUT2D eigenvalue weighted by atomic mass is 32.2. The summed E-state index contributed by atoms with van der Waals surface area (Å²) in [6, 6.07) is 1.54. The molecule has 3 aliphatic rings. The van der Waals surface area contributed by atoms with Crippen molar-refractivity contribution in [2.75, 3.05) is 23.7 Å². The molecule has 0 radical (unpaired) electrons. The first-order valence-corrected chi connectivity index (χ1v) is 11.7. The Balaban J connectivity index is 1.16. The third-order valence-corrected chi connectivity index (χ3v) is 8.06. The van der Waals surface area contributed by atoms with Crippen LogP contribution >= 0.6 is 11.8 Å². The van der Waals surface area contributed by atoms with E-state index in [2.05, 4.69) is 24.8 Å². The Labute approximate surface area is 189 Å². The average molecular weight is 454 g/mol. The molecule has 6 rings (SSSR count). The van der Waals surface area contributed by atoms with Crippen LogP contribution in [0.15, 0.2) is 39.2 Å². The first kappa shape index (κ1) is 19.9. The number of anilines is 2. The zero-order valence-electron chi connectivity index (χ0n) is 17.5. The van der Waals surface area contributed by atoms with Crippen LogP contribution in [0.25, 0.3) is 0 Å². The molecule has 2 aliphatic carbocycles. The van der Waals surface area contributed by atoms with E-state index in [1.165, 1.54) is 18.2 Å². The van der Waals surface area contributed by atoms with Gasteiger partial charge in [0, 0.05) is 37.0 Å². The van der Waals surface area contributed by atoms with E-state index in [1.807, 2.05) is 0 Å². The number of halogens is 1. The minimum absolute atomic E-state index is 0.00811. The van der Waals surface area contributed by atoms with Gasteiger partial charge in [-0.2, -0.15) is 0 Å². The van der Waals surface area contributed by atoms with Crippen LogP contribution in [0, 0.1) is 11.2 Å².